The van der Waals surface area contributed by atoms with E-state index < -0.39 is 0 Å². The van der Waals surface area contributed by atoms with Crippen LogP contribution < -0.4 is 15.4 Å². The number of hydrogen-bond acceptors (Lipinski definition) is 4. The van der Waals surface area contributed by atoms with Crippen molar-refractivity contribution in [1.82, 2.24) is 25.4 Å². The van der Waals surface area contributed by atoms with Gasteiger partial charge in [-0.15, -0.1) is 40.8 Å². The molecular weight excluding hydrogens is 498 g/mol. The lowest BCUT2D eigenvalue weighted by molar-refractivity contribution is 0.285. The maximum absolute atomic E-state index is 14.4. The highest BCUT2D eigenvalue weighted by Crippen LogP contribution is 2.30. The summed E-state index contributed by atoms with van der Waals surface area (Å²) in [5.41, 5.74) is 0.809. The minimum atomic E-state index is -0.344. The highest BCUT2D eigenvalue weighted by atomic mass is 127. The number of hydrogen-bond donors (Lipinski definition) is 2. The van der Waals surface area contributed by atoms with E-state index in [0.29, 0.717) is 37.3 Å². The Bertz CT molecular complexity index is 880. The molecule has 0 bridgehead atoms. The minimum absolute atomic E-state index is 0. The molecule has 7 nitrogen and oxygen atoms in total. The summed E-state index contributed by atoms with van der Waals surface area (Å²) in [7, 11) is 1.91. The van der Waals surface area contributed by atoms with Gasteiger partial charge < -0.3 is 19.9 Å². The van der Waals surface area contributed by atoms with Gasteiger partial charge in [0.25, 0.3) is 0 Å². The zero-order valence-electron chi connectivity index (χ0n) is 17.7. The Labute approximate surface area is 194 Å². The van der Waals surface area contributed by atoms with E-state index in [9.17, 15) is 4.39 Å². The van der Waals surface area contributed by atoms with Crippen LogP contribution in [0.25, 0.3) is 0 Å². The predicted octanol–water partition coefficient (Wildman–Crippen LogP) is 3.65. The van der Waals surface area contributed by atoms with E-state index >= 15 is 0 Å². The fraction of sp³-hybridized carbons (Fsp3) is 0.476. The van der Waals surface area contributed by atoms with Crippen LogP contribution in [0, 0.1) is 18.7 Å². The topological polar surface area (TPSA) is 76.4 Å². The highest BCUT2D eigenvalue weighted by molar-refractivity contribution is 14.0. The molecule has 0 radical (unpaired) electrons. The zero-order chi connectivity index (χ0) is 20.8. The molecule has 1 heterocycles. The lowest BCUT2D eigenvalue weighted by atomic mass is 10.1. The van der Waals surface area contributed by atoms with Crippen LogP contribution in [-0.2, 0) is 13.6 Å². The monoisotopic (exact) mass is 528 g/mol. The molecule has 0 saturated heterocycles. The number of nitrogens with one attached hydrogen (secondary N) is 2. The Morgan fingerprint density at radius 2 is 2.20 bits per heavy atom. The third-order valence-corrected chi connectivity index (χ3v) is 4.96. The molecule has 1 aromatic carbocycles. The second kappa shape index (κ2) is 11.3. The summed E-state index contributed by atoms with van der Waals surface area (Å²) in [5, 5.41) is 14.6. The summed E-state index contributed by atoms with van der Waals surface area (Å²) < 4.78 is 21.9. The normalized spacial score (nSPS) is 14.6. The predicted molar refractivity (Wildman–Crippen MR) is 127 cm³/mol. The van der Waals surface area contributed by atoms with E-state index in [2.05, 4.69) is 32.4 Å². The van der Waals surface area contributed by atoms with Crippen molar-refractivity contribution in [2.75, 3.05) is 13.2 Å². The van der Waals surface area contributed by atoms with Crippen molar-refractivity contribution in [3.63, 3.8) is 0 Å². The van der Waals surface area contributed by atoms with E-state index in [0.717, 1.165) is 17.2 Å². The van der Waals surface area contributed by atoms with Gasteiger partial charge in [0.15, 0.2) is 23.4 Å². The first kappa shape index (κ1) is 24.1. The maximum Gasteiger partial charge on any atom is 0.192 e. The number of aromatic nitrogens is 3. The van der Waals surface area contributed by atoms with E-state index in [1.54, 1.807) is 12.1 Å². The number of aliphatic imine (C=N–C) groups is 1. The molecule has 9 heteroatoms. The molecule has 1 fully saturated rings. The molecule has 1 atom stereocenters. The molecule has 1 aromatic heterocycles. The van der Waals surface area contributed by atoms with Crippen LogP contribution in [0.2, 0.25) is 0 Å². The van der Waals surface area contributed by atoms with Gasteiger partial charge in [-0.2, -0.15) is 0 Å². The summed E-state index contributed by atoms with van der Waals surface area (Å²) in [4.78, 5) is 4.57. The van der Waals surface area contributed by atoms with Crippen molar-refractivity contribution in [3.05, 3.63) is 53.9 Å². The quantitative estimate of drug-likeness (QED) is 0.225. The summed E-state index contributed by atoms with van der Waals surface area (Å²) in [6.45, 7) is 9.09. The van der Waals surface area contributed by atoms with Crippen molar-refractivity contribution in [2.45, 2.75) is 39.3 Å². The first-order chi connectivity index (χ1) is 14.0. The largest absolute Gasteiger partial charge is 0.490 e. The molecule has 0 aliphatic heterocycles. The molecule has 2 aromatic rings. The molecule has 1 aliphatic rings. The number of aryl methyl sites for hydroxylation is 1. The van der Waals surface area contributed by atoms with Gasteiger partial charge in [-0.1, -0.05) is 12.1 Å². The van der Waals surface area contributed by atoms with Gasteiger partial charge in [0.2, 0.25) is 0 Å². The Morgan fingerprint density at radius 1 is 1.43 bits per heavy atom. The molecule has 1 aliphatic carbocycles. The van der Waals surface area contributed by atoms with Crippen molar-refractivity contribution in [1.29, 1.82) is 0 Å². The minimum Gasteiger partial charge on any atom is -0.490 e. The van der Waals surface area contributed by atoms with Crippen LogP contribution in [-0.4, -0.2) is 33.9 Å². The van der Waals surface area contributed by atoms with E-state index in [1.165, 1.54) is 18.9 Å². The first-order valence-corrected chi connectivity index (χ1v) is 9.90. The average molecular weight is 528 g/mol. The van der Waals surface area contributed by atoms with Crippen LogP contribution in [0.15, 0.2) is 35.8 Å². The van der Waals surface area contributed by atoms with Gasteiger partial charge in [0.05, 0.1) is 12.6 Å². The second-order valence-electron chi connectivity index (χ2n) is 7.37. The van der Waals surface area contributed by atoms with Crippen molar-refractivity contribution >= 4 is 29.9 Å². The molecule has 30 heavy (non-hydrogen) atoms. The summed E-state index contributed by atoms with van der Waals surface area (Å²) >= 11 is 0. The number of rotatable bonds is 9. The molecule has 2 N–H and O–H groups in total. The summed E-state index contributed by atoms with van der Waals surface area (Å²) in [6, 6.07) is 4.93. The molecule has 0 spiro atoms. The number of ether oxygens (including phenoxy) is 1. The number of guanidine groups is 1. The second-order valence-corrected chi connectivity index (χ2v) is 7.37. The van der Waals surface area contributed by atoms with Crippen LogP contribution >= 0.6 is 24.0 Å². The Balaban J connectivity index is 0.00000320. The Morgan fingerprint density at radius 3 is 2.80 bits per heavy atom. The maximum atomic E-state index is 14.4. The molecule has 3 rings (SSSR count). The van der Waals surface area contributed by atoms with Gasteiger partial charge in [0.1, 0.15) is 12.4 Å². The van der Waals surface area contributed by atoms with E-state index in [4.69, 9.17) is 4.74 Å². The summed E-state index contributed by atoms with van der Waals surface area (Å²) in [6.07, 6.45) is 4.10. The van der Waals surface area contributed by atoms with Crippen LogP contribution in [0.5, 0.6) is 5.75 Å². The lowest BCUT2D eigenvalue weighted by Gasteiger charge is -2.19. The molecule has 164 valence electrons. The number of benzene rings is 1. The first-order valence-electron chi connectivity index (χ1n) is 9.90. The van der Waals surface area contributed by atoms with Crippen molar-refractivity contribution in [3.8, 4) is 5.75 Å². The van der Waals surface area contributed by atoms with Crippen molar-refractivity contribution < 1.29 is 9.13 Å². The van der Waals surface area contributed by atoms with Crippen LogP contribution in [0.4, 0.5) is 4.39 Å². The van der Waals surface area contributed by atoms with Gasteiger partial charge in [-0.3, -0.25) is 0 Å². The molecular formula is C21H30FIN6O. The smallest absolute Gasteiger partial charge is 0.192 e. The van der Waals surface area contributed by atoms with E-state index in [1.807, 2.05) is 31.5 Å². The standard InChI is InChI=1S/C21H29FN6O.HI/c1-5-10-23-21(24-12-20-27-26-15(3)28(20)4)25-14(2)17-8-9-19(18(22)11-17)29-13-16-6-7-16;/h5,8-9,11,14,16H,1,6-7,10,12-13H2,2-4H3,(H2,23,24,25);1H. The van der Waals surface area contributed by atoms with Gasteiger partial charge in [-0.05, 0) is 50.3 Å². The number of halogens is 2. The molecule has 1 saturated carbocycles. The third kappa shape index (κ3) is 6.68. The van der Waals surface area contributed by atoms with Crippen LogP contribution in [0.1, 0.15) is 43.0 Å². The van der Waals surface area contributed by atoms with Gasteiger partial charge in [0, 0.05) is 13.6 Å². The lowest BCUT2D eigenvalue weighted by Crippen LogP contribution is -2.39. The van der Waals surface area contributed by atoms with Gasteiger partial charge in [-0.25, -0.2) is 9.38 Å². The molecule has 1 unspecified atom stereocenters. The Kier molecular flexibility index (Phi) is 9.07. The van der Waals surface area contributed by atoms with Crippen LogP contribution in [0.3, 0.4) is 0 Å². The zero-order valence-corrected chi connectivity index (χ0v) is 20.0. The highest BCUT2D eigenvalue weighted by Gasteiger charge is 2.22. The Hall–Kier alpha value is -2.17. The van der Waals surface area contributed by atoms with Crippen molar-refractivity contribution in [2.24, 2.45) is 18.0 Å². The average Bonchev–Trinajstić information content (AvgIpc) is 3.49. The SMILES string of the molecule is C=CCNC(=NCc1nnc(C)n1C)NC(C)c1ccc(OCC2CC2)c(F)c1.I. The number of nitrogens with zero attached hydrogens (tertiary/aromatic N) is 4. The third-order valence-electron chi connectivity index (χ3n) is 4.96. The molecule has 0 amide bonds. The fourth-order valence-electron chi connectivity index (χ4n) is 2.74. The van der Waals surface area contributed by atoms with E-state index in [-0.39, 0.29) is 35.8 Å². The fourth-order valence-corrected chi connectivity index (χ4v) is 2.74. The summed E-state index contributed by atoms with van der Waals surface area (Å²) in [5.74, 6) is 2.73. The van der Waals surface area contributed by atoms with Gasteiger partial charge >= 0.3 is 0 Å².